The highest BCUT2D eigenvalue weighted by Crippen LogP contribution is 2.28. The van der Waals surface area contributed by atoms with Crippen molar-refractivity contribution < 1.29 is 14.3 Å². The van der Waals surface area contributed by atoms with E-state index in [1.54, 1.807) is 30.3 Å². The number of benzene rings is 3. The van der Waals surface area contributed by atoms with Crippen LogP contribution in [0.1, 0.15) is 16.7 Å². The van der Waals surface area contributed by atoms with Crippen LogP contribution in [0.15, 0.2) is 60.2 Å². The van der Waals surface area contributed by atoms with Gasteiger partial charge in [-0.05, 0) is 73.0 Å². The van der Waals surface area contributed by atoms with Crippen LogP contribution in [-0.2, 0) is 9.59 Å². The summed E-state index contributed by atoms with van der Waals surface area (Å²) in [4.78, 5) is 24.8. The molecule has 3 aromatic carbocycles. The molecular weight excluding hydrogens is 509 g/mol. The van der Waals surface area contributed by atoms with E-state index in [-0.39, 0.29) is 23.0 Å². The highest BCUT2D eigenvalue weighted by molar-refractivity contribution is 6.42. The van der Waals surface area contributed by atoms with E-state index in [0.717, 1.165) is 11.1 Å². The fraction of sp³-hybridized carbons (Fsp3) is 0.115. The van der Waals surface area contributed by atoms with Crippen molar-refractivity contribution in [1.29, 1.82) is 5.26 Å². The van der Waals surface area contributed by atoms with E-state index in [4.69, 9.17) is 39.5 Å². The molecule has 2 N–H and O–H groups in total. The van der Waals surface area contributed by atoms with Crippen LogP contribution in [-0.4, -0.2) is 18.4 Å². The molecule has 0 saturated carbocycles. The van der Waals surface area contributed by atoms with Crippen molar-refractivity contribution in [3.8, 4) is 11.8 Å². The number of amides is 2. The average Bonchev–Trinajstić information content (AvgIpc) is 2.82. The zero-order chi connectivity index (χ0) is 25.5. The van der Waals surface area contributed by atoms with Crippen LogP contribution in [0, 0.1) is 25.2 Å². The Kier molecular flexibility index (Phi) is 8.78. The second-order valence-electron chi connectivity index (χ2n) is 7.53. The van der Waals surface area contributed by atoms with E-state index >= 15 is 0 Å². The van der Waals surface area contributed by atoms with Gasteiger partial charge in [0.15, 0.2) is 6.61 Å². The van der Waals surface area contributed by atoms with Gasteiger partial charge in [0.2, 0.25) is 0 Å². The number of anilines is 2. The zero-order valence-electron chi connectivity index (χ0n) is 18.8. The van der Waals surface area contributed by atoms with E-state index in [1.165, 1.54) is 18.2 Å². The van der Waals surface area contributed by atoms with Crippen LogP contribution in [0.5, 0.6) is 5.75 Å². The Morgan fingerprint density at radius 1 is 0.971 bits per heavy atom. The zero-order valence-corrected chi connectivity index (χ0v) is 21.1. The molecule has 0 aromatic heterocycles. The van der Waals surface area contributed by atoms with Gasteiger partial charge < -0.3 is 15.4 Å². The molecular formula is C26H20Cl3N3O3. The monoisotopic (exact) mass is 527 g/mol. The summed E-state index contributed by atoms with van der Waals surface area (Å²) in [6.07, 6.45) is 1.42. The van der Waals surface area contributed by atoms with Gasteiger partial charge in [0.25, 0.3) is 11.8 Å². The standard InChI is InChI=1S/C26H20Cl3N3O3/c1-15-4-3-5-23(16(15)2)32-26(34)18(13-30)10-17-6-9-24(22(29)11-17)35-14-25(33)31-19-7-8-20(27)21(28)12-19/h3-12H,14H2,1-2H3,(H,31,33)(H,32,34)/b18-10-. The van der Waals surface area contributed by atoms with E-state index in [2.05, 4.69) is 10.6 Å². The molecule has 0 radical (unpaired) electrons. The predicted octanol–water partition coefficient (Wildman–Crippen LogP) is 6.83. The molecule has 0 unspecified atom stereocenters. The first kappa shape index (κ1) is 26.1. The maximum atomic E-state index is 12.6. The molecule has 3 rings (SSSR count). The third-order valence-electron chi connectivity index (χ3n) is 5.05. The first-order valence-corrected chi connectivity index (χ1v) is 11.5. The Morgan fingerprint density at radius 2 is 1.74 bits per heavy atom. The molecule has 0 aliphatic heterocycles. The molecule has 0 bridgehead atoms. The van der Waals surface area contributed by atoms with Crippen LogP contribution in [0.25, 0.3) is 6.08 Å². The predicted molar refractivity (Wildman–Crippen MR) is 140 cm³/mol. The second-order valence-corrected chi connectivity index (χ2v) is 8.75. The summed E-state index contributed by atoms with van der Waals surface area (Å²) in [5.41, 5.74) is 3.50. The Balaban J connectivity index is 1.65. The Morgan fingerprint density at radius 3 is 2.43 bits per heavy atom. The summed E-state index contributed by atoms with van der Waals surface area (Å²) < 4.78 is 5.49. The van der Waals surface area contributed by atoms with Crippen molar-refractivity contribution in [3.05, 3.63) is 91.9 Å². The lowest BCUT2D eigenvalue weighted by atomic mass is 10.1. The minimum Gasteiger partial charge on any atom is -0.482 e. The smallest absolute Gasteiger partial charge is 0.266 e. The van der Waals surface area contributed by atoms with Gasteiger partial charge in [-0.1, -0.05) is 53.0 Å². The lowest BCUT2D eigenvalue weighted by molar-refractivity contribution is -0.118. The number of nitrogens with one attached hydrogen (secondary N) is 2. The van der Waals surface area contributed by atoms with Gasteiger partial charge in [0.1, 0.15) is 17.4 Å². The number of carbonyl (C=O) groups is 2. The van der Waals surface area contributed by atoms with E-state index in [1.807, 2.05) is 32.0 Å². The maximum absolute atomic E-state index is 12.6. The normalized spacial score (nSPS) is 10.9. The summed E-state index contributed by atoms with van der Waals surface area (Å²) in [5.74, 6) is -0.679. The third-order valence-corrected chi connectivity index (χ3v) is 6.08. The molecule has 6 nitrogen and oxygen atoms in total. The molecule has 0 aliphatic rings. The minimum absolute atomic E-state index is 0.0864. The highest BCUT2D eigenvalue weighted by Gasteiger charge is 2.13. The molecule has 3 aromatic rings. The van der Waals surface area contributed by atoms with Crippen LogP contribution in [0.3, 0.4) is 0 Å². The fourth-order valence-electron chi connectivity index (χ4n) is 3.03. The van der Waals surface area contributed by atoms with Gasteiger partial charge >= 0.3 is 0 Å². The summed E-state index contributed by atoms with van der Waals surface area (Å²) in [6.45, 7) is 3.54. The number of ether oxygens (including phenoxy) is 1. The van der Waals surface area contributed by atoms with Gasteiger partial charge in [-0.25, -0.2) is 0 Å². The lowest BCUT2D eigenvalue weighted by Crippen LogP contribution is -2.20. The van der Waals surface area contributed by atoms with Crippen LogP contribution < -0.4 is 15.4 Å². The van der Waals surface area contributed by atoms with Crippen molar-refractivity contribution in [3.63, 3.8) is 0 Å². The molecule has 0 heterocycles. The van der Waals surface area contributed by atoms with Crippen molar-refractivity contribution in [1.82, 2.24) is 0 Å². The highest BCUT2D eigenvalue weighted by atomic mass is 35.5. The molecule has 0 saturated heterocycles. The molecule has 35 heavy (non-hydrogen) atoms. The van der Waals surface area contributed by atoms with Crippen molar-refractivity contribution in [2.24, 2.45) is 0 Å². The summed E-state index contributed by atoms with van der Waals surface area (Å²) >= 11 is 18.1. The number of nitrogens with zero attached hydrogens (tertiary/aromatic N) is 1. The minimum atomic E-state index is -0.531. The van der Waals surface area contributed by atoms with Gasteiger partial charge in [-0.3, -0.25) is 9.59 Å². The number of aryl methyl sites for hydroxylation is 1. The number of carbonyl (C=O) groups excluding carboxylic acids is 2. The molecule has 0 aliphatic carbocycles. The van der Waals surface area contributed by atoms with E-state index in [9.17, 15) is 14.9 Å². The van der Waals surface area contributed by atoms with Gasteiger partial charge in [-0.15, -0.1) is 0 Å². The molecule has 0 atom stereocenters. The largest absolute Gasteiger partial charge is 0.482 e. The van der Waals surface area contributed by atoms with Crippen LogP contribution in [0.2, 0.25) is 15.1 Å². The fourth-order valence-corrected chi connectivity index (χ4v) is 3.57. The van der Waals surface area contributed by atoms with E-state index in [0.29, 0.717) is 27.0 Å². The van der Waals surface area contributed by atoms with Crippen molar-refractivity contribution in [2.45, 2.75) is 13.8 Å². The quantitative estimate of drug-likeness (QED) is 0.260. The second kappa shape index (κ2) is 11.8. The number of nitriles is 1. The maximum Gasteiger partial charge on any atom is 0.266 e. The van der Waals surface area contributed by atoms with Gasteiger partial charge in [0, 0.05) is 11.4 Å². The molecule has 0 spiro atoms. The first-order chi connectivity index (χ1) is 16.7. The molecule has 178 valence electrons. The number of halogens is 3. The summed E-state index contributed by atoms with van der Waals surface area (Å²) in [5, 5.41) is 15.8. The number of hydrogen-bond acceptors (Lipinski definition) is 4. The topological polar surface area (TPSA) is 91.2 Å². The van der Waals surface area contributed by atoms with E-state index < -0.39 is 11.8 Å². The van der Waals surface area contributed by atoms with Crippen molar-refractivity contribution >= 4 is 64.1 Å². The van der Waals surface area contributed by atoms with Crippen LogP contribution in [0.4, 0.5) is 11.4 Å². The average molecular weight is 529 g/mol. The van der Waals surface area contributed by atoms with Crippen molar-refractivity contribution in [2.75, 3.05) is 17.2 Å². The molecule has 9 heteroatoms. The summed E-state index contributed by atoms with van der Waals surface area (Å²) in [7, 11) is 0. The first-order valence-electron chi connectivity index (χ1n) is 10.3. The van der Waals surface area contributed by atoms with Gasteiger partial charge in [0.05, 0.1) is 15.1 Å². The summed E-state index contributed by atoms with van der Waals surface area (Å²) in [6, 6.07) is 16.9. The Labute approximate surface area is 218 Å². The number of hydrogen-bond donors (Lipinski definition) is 2. The Hall–Kier alpha value is -3.50. The van der Waals surface area contributed by atoms with Gasteiger partial charge in [-0.2, -0.15) is 5.26 Å². The molecule has 0 fully saturated rings. The van der Waals surface area contributed by atoms with Crippen LogP contribution >= 0.6 is 34.8 Å². The third kappa shape index (κ3) is 7.00. The molecule has 2 amide bonds. The SMILES string of the molecule is Cc1cccc(NC(=O)/C(C#N)=C\c2ccc(OCC(=O)Nc3ccc(Cl)c(Cl)c3)c(Cl)c2)c1C. The number of rotatable bonds is 7. The lowest BCUT2D eigenvalue weighted by Gasteiger charge is -2.11. The Bertz CT molecular complexity index is 1360.